The summed E-state index contributed by atoms with van der Waals surface area (Å²) in [6.45, 7) is 8.15. The third kappa shape index (κ3) is 5.91. The Kier molecular flexibility index (Phi) is 8.77. The first-order valence-electron chi connectivity index (χ1n) is 15.3. The Balaban J connectivity index is 1.26. The van der Waals surface area contributed by atoms with Crippen LogP contribution in [-0.4, -0.2) is 80.2 Å². The Morgan fingerprint density at radius 3 is 2.88 bits per heavy atom. The lowest BCUT2D eigenvalue weighted by molar-refractivity contribution is -0.148. The van der Waals surface area contributed by atoms with Crippen LogP contribution in [0.15, 0.2) is 12.1 Å². The van der Waals surface area contributed by atoms with E-state index < -0.39 is 11.8 Å². The highest BCUT2D eigenvalue weighted by atomic mass is 19.1. The van der Waals surface area contributed by atoms with E-state index in [1.165, 1.54) is 0 Å². The minimum absolute atomic E-state index is 0.190. The molecule has 3 unspecified atom stereocenters. The maximum Gasteiger partial charge on any atom is 0.318 e. The number of nitrogens with zero attached hydrogens (tertiary/aromatic N) is 5. The number of hydrogen-bond acceptors (Lipinski definition) is 10. The molecule has 1 aromatic heterocycles. The highest BCUT2D eigenvalue weighted by Gasteiger charge is 2.47. The van der Waals surface area contributed by atoms with Crippen LogP contribution in [0.1, 0.15) is 73.1 Å². The van der Waals surface area contributed by atoms with Crippen molar-refractivity contribution in [2.24, 2.45) is 0 Å². The number of likely N-dealkylation sites (tertiary alicyclic amines) is 1. The number of hydrogen-bond donors (Lipinski definition) is 1. The van der Waals surface area contributed by atoms with E-state index in [0.717, 1.165) is 67.1 Å². The first-order valence-corrected chi connectivity index (χ1v) is 15.3. The molecule has 2 fully saturated rings. The van der Waals surface area contributed by atoms with Crippen molar-refractivity contribution < 1.29 is 23.3 Å². The summed E-state index contributed by atoms with van der Waals surface area (Å²) >= 11 is 0. The van der Waals surface area contributed by atoms with Crippen LogP contribution >= 0.6 is 0 Å². The summed E-state index contributed by atoms with van der Waals surface area (Å²) < 4.78 is 39.2. The maximum absolute atomic E-state index is 14.6. The summed E-state index contributed by atoms with van der Waals surface area (Å²) in [6, 6.07) is 6.27. The van der Waals surface area contributed by atoms with Gasteiger partial charge in [-0.25, -0.2) is 4.39 Å². The zero-order chi connectivity index (χ0) is 29.1. The Labute approximate surface area is 246 Å². The molecule has 6 rings (SSSR count). The molecule has 0 bridgehead atoms. The van der Waals surface area contributed by atoms with Gasteiger partial charge in [0.2, 0.25) is 0 Å². The van der Waals surface area contributed by atoms with Crippen molar-refractivity contribution in [2.75, 3.05) is 69.8 Å². The predicted molar refractivity (Wildman–Crippen MR) is 155 cm³/mol. The van der Waals surface area contributed by atoms with Gasteiger partial charge in [-0.3, -0.25) is 0 Å². The van der Waals surface area contributed by atoms with Crippen LogP contribution in [0.3, 0.4) is 0 Å². The second-order valence-corrected chi connectivity index (χ2v) is 11.8. The Bertz CT molecular complexity index is 1310. The molecule has 1 aromatic carbocycles. The lowest BCUT2D eigenvalue weighted by Gasteiger charge is -2.44. The molecule has 0 radical (unpaired) electrons. The molecular formula is C31H41FN6O4. The SMILES string of the molecule is CC1OCC2(Cc3nc(OCCCC(F)CN4CCCC4)nc(N4CCCOCC4)c3CO2)c2c1ccc(N)c2C#N. The van der Waals surface area contributed by atoms with Crippen molar-refractivity contribution in [3.63, 3.8) is 0 Å². The number of ether oxygens (including phenoxy) is 4. The van der Waals surface area contributed by atoms with Gasteiger partial charge in [0.25, 0.3) is 0 Å². The van der Waals surface area contributed by atoms with Crippen molar-refractivity contribution in [2.45, 2.75) is 69.9 Å². The fourth-order valence-corrected chi connectivity index (χ4v) is 6.67. The van der Waals surface area contributed by atoms with Crippen LogP contribution < -0.4 is 15.4 Å². The van der Waals surface area contributed by atoms with E-state index in [4.69, 9.17) is 34.6 Å². The summed E-state index contributed by atoms with van der Waals surface area (Å²) in [7, 11) is 0. The fraction of sp³-hybridized carbons (Fsp3) is 0.645. The number of alkyl halides is 1. The predicted octanol–water partition coefficient (Wildman–Crippen LogP) is 3.81. The number of nitriles is 1. The van der Waals surface area contributed by atoms with Crippen molar-refractivity contribution in [3.05, 3.63) is 40.1 Å². The molecule has 1 spiro atoms. The average Bonchev–Trinajstić information content (AvgIpc) is 3.35. The molecule has 0 saturated carbocycles. The molecule has 11 heteroatoms. The van der Waals surface area contributed by atoms with Crippen LogP contribution in [0.2, 0.25) is 0 Å². The fourth-order valence-electron chi connectivity index (χ4n) is 6.67. The molecule has 2 saturated heterocycles. The van der Waals surface area contributed by atoms with Crippen LogP contribution in [0.25, 0.3) is 0 Å². The first kappa shape index (κ1) is 29.1. The summed E-state index contributed by atoms with van der Waals surface area (Å²) in [5.41, 5.74) is 9.61. The standard InChI is InChI=1S/C31H41FN6O4/c1-21-23-7-8-26(34)24(17-33)28(23)31(20-41-21)16-27-25(19-42-31)29(38-11-5-13-39-15-12-38)36-30(35-27)40-14-4-6-22(32)18-37-9-2-3-10-37/h7-8,21-22H,2-6,9-16,18-20,34H2,1H3. The van der Waals surface area contributed by atoms with E-state index in [1.807, 2.05) is 13.0 Å². The molecule has 226 valence electrons. The van der Waals surface area contributed by atoms with Gasteiger partial charge in [-0.2, -0.15) is 15.2 Å². The van der Waals surface area contributed by atoms with E-state index in [-0.39, 0.29) is 25.3 Å². The number of nitrogen functional groups attached to an aromatic ring is 1. The van der Waals surface area contributed by atoms with Crippen LogP contribution in [-0.2, 0) is 32.8 Å². The zero-order valence-corrected chi connectivity index (χ0v) is 24.4. The molecular weight excluding hydrogens is 539 g/mol. The van der Waals surface area contributed by atoms with Crippen molar-refractivity contribution in [1.82, 2.24) is 14.9 Å². The third-order valence-corrected chi connectivity index (χ3v) is 8.91. The quantitative estimate of drug-likeness (QED) is 0.365. The van der Waals surface area contributed by atoms with Crippen molar-refractivity contribution in [1.29, 1.82) is 5.26 Å². The molecule has 3 atom stereocenters. The first-order chi connectivity index (χ1) is 20.5. The molecule has 0 amide bonds. The van der Waals surface area contributed by atoms with Gasteiger partial charge in [-0.05, 0) is 63.7 Å². The molecule has 4 aliphatic rings. The van der Waals surface area contributed by atoms with Gasteiger partial charge in [0, 0.05) is 49.5 Å². The zero-order valence-electron chi connectivity index (χ0n) is 24.4. The number of rotatable bonds is 8. The number of fused-ring (bicyclic) bond motifs is 3. The Hall–Kier alpha value is -3.04. The lowest BCUT2D eigenvalue weighted by Crippen LogP contribution is -2.46. The largest absolute Gasteiger partial charge is 0.463 e. The van der Waals surface area contributed by atoms with Gasteiger partial charge in [0.1, 0.15) is 23.7 Å². The van der Waals surface area contributed by atoms with E-state index in [2.05, 4.69) is 15.9 Å². The molecule has 0 aliphatic carbocycles. The smallest absolute Gasteiger partial charge is 0.318 e. The summed E-state index contributed by atoms with van der Waals surface area (Å²) in [4.78, 5) is 14.1. The number of anilines is 2. The second kappa shape index (κ2) is 12.7. The van der Waals surface area contributed by atoms with Gasteiger partial charge in [0.15, 0.2) is 0 Å². The van der Waals surface area contributed by atoms with Crippen molar-refractivity contribution in [3.8, 4) is 12.1 Å². The third-order valence-electron chi connectivity index (χ3n) is 8.91. The van der Waals surface area contributed by atoms with Crippen LogP contribution in [0, 0.1) is 11.3 Å². The van der Waals surface area contributed by atoms with Crippen molar-refractivity contribution >= 4 is 11.5 Å². The average molecular weight is 581 g/mol. The molecule has 5 heterocycles. The monoisotopic (exact) mass is 580 g/mol. The summed E-state index contributed by atoms with van der Waals surface area (Å²) in [5, 5.41) is 10.1. The topological polar surface area (TPSA) is 119 Å². The van der Waals surface area contributed by atoms with E-state index in [0.29, 0.717) is 63.4 Å². The lowest BCUT2D eigenvalue weighted by atomic mass is 9.78. The minimum atomic E-state index is -0.906. The molecule has 42 heavy (non-hydrogen) atoms. The van der Waals surface area contributed by atoms with Gasteiger partial charge in [-0.1, -0.05) is 6.07 Å². The maximum atomic E-state index is 14.6. The minimum Gasteiger partial charge on any atom is -0.463 e. The number of benzene rings is 1. The van der Waals surface area contributed by atoms with E-state index in [1.54, 1.807) is 6.07 Å². The molecule has 2 N–H and O–H groups in total. The summed E-state index contributed by atoms with van der Waals surface area (Å²) in [5.74, 6) is 0.783. The van der Waals surface area contributed by atoms with Crippen LogP contribution in [0.5, 0.6) is 6.01 Å². The van der Waals surface area contributed by atoms with Gasteiger partial charge in [0.05, 0.1) is 43.8 Å². The molecule has 4 aliphatic heterocycles. The molecule has 2 aromatic rings. The number of halogens is 1. The summed E-state index contributed by atoms with van der Waals surface area (Å²) in [6.07, 6.45) is 3.56. The van der Waals surface area contributed by atoms with Gasteiger partial charge in [-0.15, -0.1) is 0 Å². The number of aromatic nitrogens is 2. The Morgan fingerprint density at radius 2 is 2.05 bits per heavy atom. The van der Waals surface area contributed by atoms with E-state index >= 15 is 0 Å². The number of nitrogens with two attached hydrogens (primary N) is 1. The van der Waals surface area contributed by atoms with E-state index in [9.17, 15) is 9.65 Å². The van der Waals surface area contributed by atoms with Crippen LogP contribution in [0.4, 0.5) is 15.9 Å². The highest BCUT2D eigenvalue weighted by molar-refractivity contribution is 5.64. The normalized spacial score (nSPS) is 25.0. The highest BCUT2D eigenvalue weighted by Crippen LogP contribution is 2.47. The Morgan fingerprint density at radius 1 is 1.19 bits per heavy atom. The molecule has 10 nitrogen and oxygen atoms in total. The van der Waals surface area contributed by atoms with Gasteiger partial charge < -0.3 is 34.5 Å². The second-order valence-electron chi connectivity index (χ2n) is 11.8. The van der Waals surface area contributed by atoms with Gasteiger partial charge >= 0.3 is 6.01 Å².